The molecule has 2 bridgehead atoms. The molecule has 21 heavy (non-hydrogen) atoms. The number of ether oxygens (including phenoxy) is 1. The zero-order valence-corrected chi connectivity index (χ0v) is 12.2. The summed E-state index contributed by atoms with van der Waals surface area (Å²) in [6, 6.07) is 1.95. The van der Waals surface area contributed by atoms with Crippen LogP contribution in [0, 0.1) is 18.8 Å². The van der Waals surface area contributed by atoms with E-state index in [1.807, 2.05) is 6.07 Å². The van der Waals surface area contributed by atoms with Gasteiger partial charge >= 0.3 is 5.97 Å². The average molecular weight is 289 g/mol. The summed E-state index contributed by atoms with van der Waals surface area (Å²) in [5.41, 5.74) is 0.689. The quantitative estimate of drug-likeness (QED) is 0.865. The highest BCUT2D eigenvalue weighted by Crippen LogP contribution is 2.45. The van der Waals surface area contributed by atoms with E-state index in [9.17, 15) is 4.79 Å². The number of carbonyl (C=O) groups is 1. The van der Waals surface area contributed by atoms with E-state index in [1.165, 1.54) is 0 Å². The van der Waals surface area contributed by atoms with E-state index in [4.69, 9.17) is 14.3 Å². The first-order valence-corrected chi connectivity index (χ1v) is 7.46. The smallest absolute Gasteiger partial charge is 0.372 e. The van der Waals surface area contributed by atoms with Gasteiger partial charge in [-0.15, -0.1) is 0 Å². The minimum absolute atomic E-state index is 0.0568. The lowest BCUT2D eigenvalue weighted by Crippen LogP contribution is -2.27. The molecule has 2 fully saturated rings. The molecule has 1 aromatic rings. The fourth-order valence-electron chi connectivity index (χ4n) is 3.98. The second kappa shape index (κ2) is 4.45. The molecule has 112 valence electrons. The van der Waals surface area contributed by atoms with Crippen molar-refractivity contribution in [1.29, 1.82) is 0 Å². The zero-order chi connectivity index (χ0) is 14.7. The summed E-state index contributed by atoms with van der Waals surface area (Å²) < 4.78 is 11.4. The van der Waals surface area contributed by atoms with Crippen molar-refractivity contribution in [1.82, 2.24) is 4.90 Å². The fourth-order valence-corrected chi connectivity index (χ4v) is 3.98. The van der Waals surface area contributed by atoms with Crippen molar-refractivity contribution in [2.75, 3.05) is 13.1 Å². The summed E-state index contributed by atoms with van der Waals surface area (Å²) in [6.45, 7) is 5.83. The Bertz CT molecular complexity index is 600. The van der Waals surface area contributed by atoms with Crippen molar-refractivity contribution in [2.24, 2.45) is 11.8 Å². The topological polar surface area (TPSA) is 62.9 Å². The van der Waals surface area contributed by atoms with Crippen LogP contribution >= 0.6 is 0 Å². The molecule has 0 radical (unpaired) electrons. The highest BCUT2D eigenvalue weighted by molar-refractivity contribution is 5.86. The summed E-state index contributed by atoms with van der Waals surface area (Å²) in [6.07, 6.45) is 4.90. The molecule has 5 atom stereocenters. The van der Waals surface area contributed by atoms with Gasteiger partial charge in [0.05, 0.1) is 18.2 Å². The van der Waals surface area contributed by atoms with E-state index in [2.05, 4.69) is 24.0 Å². The van der Waals surface area contributed by atoms with Crippen molar-refractivity contribution in [3.05, 3.63) is 35.3 Å². The van der Waals surface area contributed by atoms with Crippen LogP contribution in [0.2, 0.25) is 0 Å². The molecular formula is C16H19NO4. The van der Waals surface area contributed by atoms with Crippen LogP contribution in [0.4, 0.5) is 0 Å². The van der Waals surface area contributed by atoms with Gasteiger partial charge in [0, 0.05) is 30.5 Å². The van der Waals surface area contributed by atoms with Crippen LogP contribution in [0.5, 0.6) is 0 Å². The maximum atomic E-state index is 11.1. The third-order valence-electron chi connectivity index (χ3n) is 5.18. The lowest BCUT2D eigenvalue weighted by atomic mass is 9.86. The van der Waals surface area contributed by atoms with E-state index in [0.717, 1.165) is 18.8 Å². The molecule has 0 amide bonds. The van der Waals surface area contributed by atoms with Crippen LogP contribution in [0.3, 0.4) is 0 Å². The Balaban J connectivity index is 1.53. The molecule has 4 heterocycles. The Morgan fingerprint density at radius 3 is 2.48 bits per heavy atom. The third kappa shape index (κ3) is 1.88. The molecule has 5 unspecified atom stereocenters. The van der Waals surface area contributed by atoms with Crippen molar-refractivity contribution in [3.63, 3.8) is 0 Å². The standard InChI is InChI=1S/C16H19NO4/c1-8-5-14(21-15(8)16(18)19)9(2)17-6-10-11(7-17)13-4-3-12(10)20-13/h3-5,9-13H,6-7H2,1-2H3,(H,18,19). The Labute approximate surface area is 123 Å². The minimum Gasteiger partial charge on any atom is -0.475 e. The Hall–Kier alpha value is -1.59. The van der Waals surface area contributed by atoms with Gasteiger partial charge < -0.3 is 14.3 Å². The lowest BCUT2D eigenvalue weighted by Gasteiger charge is -2.24. The summed E-state index contributed by atoms with van der Waals surface area (Å²) in [7, 11) is 0. The van der Waals surface area contributed by atoms with Crippen molar-refractivity contribution in [2.45, 2.75) is 32.1 Å². The Morgan fingerprint density at radius 1 is 1.33 bits per heavy atom. The van der Waals surface area contributed by atoms with Gasteiger partial charge in [0.1, 0.15) is 5.76 Å². The lowest BCUT2D eigenvalue weighted by molar-refractivity contribution is 0.0649. The number of hydrogen-bond donors (Lipinski definition) is 1. The third-order valence-corrected chi connectivity index (χ3v) is 5.18. The van der Waals surface area contributed by atoms with Crippen LogP contribution in [-0.2, 0) is 4.74 Å². The van der Waals surface area contributed by atoms with Gasteiger partial charge in [-0.3, -0.25) is 4.90 Å². The van der Waals surface area contributed by atoms with Crippen LogP contribution in [0.25, 0.3) is 0 Å². The Kier molecular flexibility index (Phi) is 2.78. The zero-order valence-electron chi connectivity index (χ0n) is 12.2. The van der Waals surface area contributed by atoms with E-state index in [1.54, 1.807) is 6.92 Å². The second-order valence-corrected chi connectivity index (χ2v) is 6.37. The Morgan fingerprint density at radius 2 is 1.95 bits per heavy atom. The fraction of sp³-hybridized carbons (Fsp3) is 0.562. The number of aryl methyl sites for hydroxylation is 1. The number of hydrogen-bond acceptors (Lipinski definition) is 4. The molecule has 1 N–H and O–H groups in total. The van der Waals surface area contributed by atoms with Crippen molar-refractivity contribution >= 4 is 5.97 Å². The highest BCUT2D eigenvalue weighted by atomic mass is 16.5. The van der Waals surface area contributed by atoms with Crippen molar-refractivity contribution in [3.8, 4) is 0 Å². The maximum Gasteiger partial charge on any atom is 0.372 e. The average Bonchev–Trinajstić information content (AvgIpc) is 3.18. The SMILES string of the molecule is Cc1cc(C(C)N2CC3C4C=CC(O4)C3C2)oc1C(=O)O. The molecule has 0 aromatic carbocycles. The molecule has 0 aliphatic carbocycles. The number of likely N-dealkylation sites (tertiary alicyclic amines) is 1. The van der Waals surface area contributed by atoms with E-state index < -0.39 is 5.97 Å². The first-order chi connectivity index (χ1) is 10.0. The van der Waals surface area contributed by atoms with Gasteiger partial charge in [-0.1, -0.05) is 12.2 Å². The number of carboxylic acids is 1. The number of furan rings is 1. The first kappa shape index (κ1) is 13.1. The van der Waals surface area contributed by atoms with Gasteiger partial charge in [0.15, 0.2) is 0 Å². The molecule has 3 aliphatic rings. The minimum atomic E-state index is -1.00. The number of carboxylic acid groups (broad SMARTS) is 1. The molecule has 2 saturated heterocycles. The number of fused-ring (bicyclic) bond motifs is 5. The molecule has 0 saturated carbocycles. The van der Waals surface area contributed by atoms with Gasteiger partial charge in [0.25, 0.3) is 0 Å². The maximum absolute atomic E-state index is 11.1. The summed E-state index contributed by atoms with van der Waals surface area (Å²) >= 11 is 0. The first-order valence-electron chi connectivity index (χ1n) is 7.46. The second-order valence-electron chi connectivity index (χ2n) is 6.37. The molecular weight excluding hydrogens is 270 g/mol. The predicted molar refractivity (Wildman–Crippen MR) is 75.2 cm³/mol. The monoisotopic (exact) mass is 289 g/mol. The van der Waals surface area contributed by atoms with E-state index >= 15 is 0 Å². The molecule has 1 aromatic heterocycles. The summed E-state index contributed by atoms with van der Waals surface area (Å²) in [5, 5.41) is 9.10. The van der Waals surface area contributed by atoms with Gasteiger partial charge in [0.2, 0.25) is 5.76 Å². The van der Waals surface area contributed by atoms with Gasteiger partial charge in [-0.2, -0.15) is 0 Å². The normalized spacial score (nSPS) is 35.3. The molecule has 5 heteroatoms. The van der Waals surface area contributed by atoms with E-state index in [0.29, 0.717) is 17.4 Å². The predicted octanol–water partition coefficient (Wildman–Crippen LogP) is 2.23. The molecule has 5 nitrogen and oxygen atoms in total. The largest absolute Gasteiger partial charge is 0.475 e. The summed E-state index contributed by atoms with van der Waals surface area (Å²) in [4.78, 5) is 13.5. The van der Waals surface area contributed by atoms with Crippen molar-refractivity contribution < 1.29 is 19.1 Å². The van der Waals surface area contributed by atoms with Crippen LogP contribution in [-0.4, -0.2) is 41.3 Å². The van der Waals surface area contributed by atoms with Crippen LogP contribution in [0.15, 0.2) is 22.6 Å². The highest BCUT2D eigenvalue weighted by Gasteiger charge is 2.51. The van der Waals surface area contributed by atoms with Gasteiger partial charge in [-0.05, 0) is 19.9 Å². The van der Waals surface area contributed by atoms with Crippen LogP contribution < -0.4 is 0 Å². The number of nitrogens with zero attached hydrogens (tertiary/aromatic N) is 1. The van der Waals surface area contributed by atoms with E-state index in [-0.39, 0.29) is 24.0 Å². The van der Waals surface area contributed by atoms with Crippen LogP contribution in [0.1, 0.15) is 34.8 Å². The number of aromatic carboxylic acids is 1. The molecule has 0 spiro atoms. The number of rotatable bonds is 3. The molecule has 4 rings (SSSR count). The molecule has 3 aliphatic heterocycles. The van der Waals surface area contributed by atoms with Gasteiger partial charge in [-0.25, -0.2) is 4.79 Å². The summed E-state index contributed by atoms with van der Waals surface area (Å²) in [5.74, 6) is 0.933.